The van der Waals surface area contributed by atoms with Crippen molar-refractivity contribution in [1.29, 1.82) is 0 Å². The van der Waals surface area contributed by atoms with Crippen molar-refractivity contribution >= 4 is 16.8 Å². The molecule has 0 saturated heterocycles. The summed E-state index contributed by atoms with van der Waals surface area (Å²) in [6.07, 6.45) is 0. The van der Waals surface area contributed by atoms with Gasteiger partial charge in [-0.25, -0.2) is 0 Å². The lowest BCUT2D eigenvalue weighted by molar-refractivity contribution is 0.0308. The largest absolute Gasteiger partial charge is 0.389 e. The lowest BCUT2D eigenvalue weighted by Gasteiger charge is -2.28. The molecule has 0 bridgehead atoms. The number of para-hydroxylation sites is 1. The highest BCUT2D eigenvalue weighted by atomic mass is 16.5. The molecule has 126 valence electrons. The number of rotatable bonds is 7. The van der Waals surface area contributed by atoms with E-state index >= 15 is 0 Å². The van der Waals surface area contributed by atoms with Crippen LogP contribution in [0.25, 0.3) is 10.9 Å². The third-order valence-corrected chi connectivity index (χ3v) is 3.80. The lowest BCUT2D eigenvalue weighted by Crippen LogP contribution is -2.42. The average Bonchev–Trinajstić information content (AvgIpc) is 2.87. The zero-order valence-electron chi connectivity index (χ0n) is 14.4. The number of amides is 1. The van der Waals surface area contributed by atoms with Crippen LogP contribution in [0.2, 0.25) is 0 Å². The normalized spacial score (nSPS) is 11.9. The van der Waals surface area contributed by atoms with Gasteiger partial charge >= 0.3 is 0 Å². The highest BCUT2D eigenvalue weighted by Gasteiger charge is 2.25. The molecule has 1 aromatic carbocycles. The molecule has 2 aromatic rings. The number of hydrogen-bond acceptors (Lipinski definition) is 3. The number of nitrogens with zero attached hydrogens (tertiary/aromatic N) is 2. The summed E-state index contributed by atoms with van der Waals surface area (Å²) in [5.41, 5.74) is 0.733. The van der Waals surface area contributed by atoms with E-state index in [9.17, 15) is 9.90 Å². The summed E-state index contributed by atoms with van der Waals surface area (Å²) >= 11 is 0. The molecule has 1 amide bonds. The molecule has 0 saturated carbocycles. The highest BCUT2D eigenvalue weighted by molar-refractivity contribution is 5.98. The number of carbonyl (C=O) groups excluding carboxylic acids is 1. The summed E-state index contributed by atoms with van der Waals surface area (Å²) in [6, 6.07) is 9.86. The SMILES string of the molecule is CCN(CC(C)(C)O)C(=O)c1cc2ccccc2n1CCOC. The topological polar surface area (TPSA) is 54.7 Å². The number of ether oxygens (including phenoxy) is 1. The van der Waals surface area contributed by atoms with Gasteiger partial charge < -0.3 is 19.3 Å². The van der Waals surface area contributed by atoms with Gasteiger partial charge in [-0.1, -0.05) is 18.2 Å². The second-order valence-electron chi connectivity index (χ2n) is 6.36. The van der Waals surface area contributed by atoms with Gasteiger partial charge in [0.2, 0.25) is 0 Å². The number of likely N-dealkylation sites (N-methyl/N-ethyl adjacent to an activating group) is 1. The van der Waals surface area contributed by atoms with Gasteiger partial charge in [-0.15, -0.1) is 0 Å². The molecule has 2 rings (SSSR count). The summed E-state index contributed by atoms with van der Waals surface area (Å²) in [7, 11) is 1.65. The van der Waals surface area contributed by atoms with Crippen LogP contribution in [0.15, 0.2) is 30.3 Å². The second-order valence-corrected chi connectivity index (χ2v) is 6.36. The van der Waals surface area contributed by atoms with Crippen molar-refractivity contribution in [2.75, 3.05) is 26.8 Å². The van der Waals surface area contributed by atoms with E-state index in [1.807, 2.05) is 41.8 Å². The van der Waals surface area contributed by atoms with E-state index in [4.69, 9.17) is 4.74 Å². The van der Waals surface area contributed by atoms with E-state index in [-0.39, 0.29) is 5.91 Å². The van der Waals surface area contributed by atoms with Gasteiger partial charge in [0, 0.05) is 37.6 Å². The maximum atomic E-state index is 13.0. The van der Waals surface area contributed by atoms with Crippen molar-refractivity contribution in [3.63, 3.8) is 0 Å². The number of carbonyl (C=O) groups is 1. The third-order valence-electron chi connectivity index (χ3n) is 3.80. The first-order valence-electron chi connectivity index (χ1n) is 7.96. The van der Waals surface area contributed by atoms with E-state index in [2.05, 4.69) is 0 Å². The minimum Gasteiger partial charge on any atom is -0.389 e. The summed E-state index contributed by atoms with van der Waals surface area (Å²) in [4.78, 5) is 14.6. The van der Waals surface area contributed by atoms with Crippen LogP contribution in [-0.2, 0) is 11.3 Å². The highest BCUT2D eigenvalue weighted by Crippen LogP contribution is 2.21. The Kier molecular flexibility index (Phi) is 5.44. The van der Waals surface area contributed by atoms with Gasteiger partial charge in [0.1, 0.15) is 5.69 Å². The maximum Gasteiger partial charge on any atom is 0.270 e. The number of methoxy groups -OCH3 is 1. The number of aliphatic hydroxyl groups is 1. The molecule has 5 heteroatoms. The van der Waals surface area contributed by atoms with Gasteiger partial charge in [0.25, 0.3) is 5.91 Å². The smallest absolute Gasteiger partial charge is 0.270 e. The Morgan fingerprint density at radius 1 is 1.35 bits per heavy atom. The van der Waals surface area contributed by atoms with Crippen LogP contribution < -0.4 is 0 Å². The Bertz CT molecular complexity index is 670. The van der Waals surface area contributed by atoms with Gasteiger partial charge in [-0.3, -0.25) is 4.79 Å². The zero-order chi connectivity index (χ0) is 17.0. The van der Waals surface area contributed by atoms with Gasteiger partial charge in [0.15, 0.2) is 0 Å². The van der Waals surface area contributed by atoms with Crippen molar-refractivity contribution in [2.24, 2.45) is 0 Å². The molecule has 0 fully saturated rings. The average molecular weight is 318 g/mol. The van der Waals surface area contributed by atoms with Gasteiger partial charge in [-0.2, -0.15) is 0 Å². The Labute approximate surface area is 137 Å². The summed E-state index contributed by atoms with van der Waals surface area (Å²) < 4.78 is 7.17. The molecule has 0 spiro atoms. The fourth-order valence-corrected chi connectivity index (χ4v) is 2.77. The first-order chi connectivity index (χ1) is 10.9. The van der Waals surface area contributed by atoms with Crippen molar-refractivity contribution < 1.29 is 14.6 Å². The molecular formula is C18H26N2O3. The maximum absolute atomic E-state index is 13.0. The zero-order valence-corrected chi connectivity index (χ0v) is 14.4. The molecule has 1 N–H and O–H groups in total. The summed E-state index contributed by atoms with van der Waals surface area (Å²) in [6.45, 7) is 7.35. The predicted molar refractivity (Wildman–Crippen MR) is 91.7 cm³/mol. The molecule has 1 aromatic heterocycles. The van der Waals surface area contributed by atoms with E-state index in [1.165, 1.54) is 0 Å². The monoisotopic (exact) mass is 318 g/mol. The van der Waals surface area contributed by atoms with Gasteiger partial charge in [-0.05, 0) is 32.9 Å². The van der Waals surface area contributed by atoms with E-state index < -0.39 is 5.60 Å². The number of benzene rings is 1. The summed E-state index contributed by atoms with van der Waals surface area (Å²) in [5.74, 6) is -0.0677. The first kappa shape index (κ1) is 17.5. The molecule has 0 unspecified atom stereocenters. The van der Waals surface area contributed by atoms with Crippen LogP contribution in [0.3, 0.4) is 0 Å². The molecule has 0 aliphatic heterocycles. The van der Waals surface area contributed by atoms with Crippen molar-refractivity contribution in [1.82, 2.24) is 9.47 Å². The Hall–Kier alpha value is -1.85. The Morgan fingerprint density at radius 3 is 2.65 bits per heavy atom. The molecule has 0 radical (unpaired) electrons. The molecule has 0 aliphatic rings. The van der Waals surface area contributed by atoms with Gasteiger partial charge in [0.05, 0.1) is 12.2 Å². The fraction of sp³-hybridized carbons (Fsp3) is 0.500. The van der Waals surface area contributed by atoms with Crippen LogP contribution >= 0.6 is 0 Å². The molecule has 5 nitrogen and oxygen atoms in total. The summed E-state index contributed by atoms with van der Waals surface area (Å²) in [5, 5.41) is 11.1. The number of fused-ring (bicyclic) bond motifs is 1. The van der Waals surface area contributed by atoms with E-state index in [0.717, 1.165) is 10.9 Å². The minimum absolute atomic E-state index is 0.0677. The molecule has 1 heterocycles. The van der Waals surface area contributed by atoms with Crippen LogP contribution in [-0.4, -0.2) is 52.9 Å². The standard InChI is InChI=1S/C18H26N2O3/c1-5-19(13-18(2,3)22)17(21)16-12-14-8-6-7-9-15(14)20(16)10-11-23-4/h6-9,12,22H,5,10-11,13H2,1-4H3. The molecule has 0 atom stereocenters. The second kappa shape index (κ2) is 7.15. The lowest BCUT2D eigenvalue weighted by atomic mass is 10.1. The number of hydrogen-bond donors (Lipinski definition) is 1. The van der Waals surface area contributed by atoms with Crippen molar-refractivity contribution in [3.8, 4) is 0 Å². The minimum atomic E-state index is -0.922. The number of aromatic nitrogens is 1. The quantitative estimate of drug-likeness (QED) is 0.853. The van der Waals surface area contributed by atoms with Crippen LogP contribution in [0.5, 0.6) is 0 Å². The van der Waals surface area contributed by atoms with Crippen LogP contribution in [0, 0.1) is 0 Å². The third kappa shape index (κ3) is 4.12. The molecular weight excluding hydrogens is 292 g/mol. The Balaban J connectivity index is 2.42. The molecule has 0 aliphatic carbocycles. The predicted octanol–water partition coefficient (Wildman–Crippen LogP) is 2.52. The van der Waals surface area contributed by atoms with Crippen LogP contribution in [0.4, 0.5) is 0 Å². The van der Waals surface area contributed by atoms with E-state index in [0.29, 0.717) is 31.9 Å². The van der Waals surface area contributed by atoms with Crippen LogP contribution in [0.1, 0.15) is 31.3 Å². The van der Waals surface area contributed by atoms with E-state index in [1.54, 1.807) is 25.9 Å². The Morgan fingerprint density at radius 2 is 2.04 bits per heavy atom. The van der Waals surface area contributed by atoms with Crippen molar-refractivity contribution in [2.45, 2.75) is 32.9 Å². The molecule has 23 heavy (non-hydrogen) atoms. The fourth-order valence-electron chi connectivity index (χ4n) is 2.77. The first-order valence-corrected chi connectivity index (χ1v) is 7.96. The van der Waals surface area contributed by atoms with Crippen molar-refractivity contribution in [3.05, 3.63) is 36.0 Å².